The van der Waals surface area contributed by atoms with E-state index < -0.39 is 26.6 Å². The molecule has 3 atom stereocenters. The van der Waals surface area contributed by atoms with E-state index in [9.17, 15) is 19.0 Å². The number of rotatable bonds is 63. The third-order valence-corrected chi connectivity index (χ3v) is 16.3. The van der Waals surface area contributed by atoms with Gasteiger partial charge < -0.3 is 28.5 Å². The molecule has 0 aromatic rings. The SMILES string of the molecule is CC/C=C\C/C=C\C/C=C\C/C=C\C/C=C\C/C=C\CCCCCCCCCCC(=O)NC(COP(=O)([O-])OCC[N+](C)(C)C)C(/C=C\CCCCCCCCCCC)OC(=O)CCCCCCCCCCCCCCCCCCCCC. The number of allylic oxidation sites excluding steroid dienone is 13. The van der Waals surface area contributed by atoms with Crippen LogP contribution in [0, 0.1) is 0 Å². The third kappa shape index (κ3) is 63.5. The number of unbranched alkanes of at least 4 members (excludes halogenated alkanes) is 35. The highest BCUT2D eigenvalue weighted by atomic mass is 31.2. The number of carbonyl (C=O) groups is 2. The fourth-order valence-corrected chi connectivity index (χ4v) is 10.7. The number of ether oxygens (including phenoxy) is 1. The van der Waals surface area contributed by atoms with Crippen LogP contribution in [-0.2, 0) is 27.9 Å². The molecule has 0 saturated carbocycles. The lowest BCUT2D eigenvalue weighted by molar-refractivity contribution is -0.870. The molecule has 10 heteroatoms. The zero-order chi connectivity index (χ0) is 60.7. The lowest BCUT2D eigenvalue weighted by Crippen LogP contribution is -2.47. The second-order valence-electron chi connectivity index (χ2n) is 24.7. The molecule has 0 aliphatic rings. The maximum absolute atomic E-state index is 13.6. The number of quaternary nitrogens is 1. The molecule has 482 valence electrons. The first-order valence-electron chi connectivity index (χ1n) is 34.9. The van der Waals surface area contributed by atoms with Gasteiger partial charge in [0.05, 0.1) is 33.8 Å². The van der Waals surface area contributed by atoms with Crippen molar-refractivity contribution in [2.24, 2.45) is 0 Å². The van der Waals surface area contributed by atoms with Crippen LogP contribution >= 0.6 is 7.82 Å². The Balaban J connectivity index is 5.05. The van der Waals surface area contributed by atoms with Crippen molar-refractivity contribution in [3.63, 3.8) is 0 Å². The lowest BCUT2D eigenvalue weighted by atomic mass is 10.0. The molecule has 0 fully saturated rings. The smallest absolute Gasteiger partial charge is 0.306 e. The lowest BCUT2D eigenvalue weighted by Gasteiger charge is -2.30. The fourth-order valence-electron chi connectivity index (χ4n) is 10.00. The van der Waals surface area contributed by atoms with Gasteiger partial charge in [0.2, 0.25) is 5.91 Å². The van der Waals surface area contributed by atoms with Crippen LogP contribution in [0.5, 0.6) is 0 Å². The quantitative estimate of drug-likeness (QED) is 0.0212. The van der Waals surface area contributed by atoms with E-state index in [1.54, 1.807) is 0 Å². The minimum absolute atomic E-state index is 0.0257. The largest absolute Gasteiger partial charge is 0.756 e. The Labute approximate surface area is 514 Å². The average molecular weight is 1180 g/mol. The van der Waals surface area contributed by atoms with Crippen molar-refractivity contribution in [1.82, 2.24) is 5.32 Å². The Bertz CT molecular complexity index is 1700. The van der Waals surface area contributed by atoms with Gasteiger partial charge in [-0.1, -0.05) is 305 Å². The van der Waals surface area contributed by atoms with Crippen LogP contribution in [0.2, 0.25) is 0 Å². The highest BCUT2D eigenvalue weighted by molar-refractivity contribution is 7.45. The first-order valence-corrected chi connectivity index (χ1v) is 36.4. The number of esters is 1. The summed E-state index contributed by atoms with van der Waals surface area (Å²) in [6.07, 6.45) is 82.7. The number of amides is 1. The second kappa shape index (κ2) is 62.2. The standard InChI is InChI=1S/C73H133N2O7P/c1-7-10-13-16-19-22-25-27-29-31-33-34-35-36-37-38-39-40-42-43-45-47-50-53-56-59-62-65-72(76)74-70(69-81-83(78,79)80-68-67-75(4,5)6)71(64-61-58-55-52-49-24-21-18-15-12-9-3)82-73(77)66-63-60-57-54-51-48-46-44-41-32-30-28-26-23-20-17-14-11-8-2/h10,13,19,22,27,29,33-34,36-37,39-40,61,64,70-71H,7-9,11-12,14-18,20-21,23-26,28,30-32,35,38,41-60,62-63,65-69H2,1-6H3,(H-,74,76,78,79)/b13-10-,22-19-,29-27-,34-33-,37-36-,40-39-,64-61-. The van der Waals surface area contributed by atoms with Crippen LogP contribution < -0.4 is 10.2 Å². The van der Waals surface area contributed by atoms with Crippen LogP contribution in [0.3, 0.4) is 0 Å². The van der Waals surface area contributed by atoms with Gasteiger partial charge in [-0.15, -0.1) is 0 Å². The Hall–Kier alpha value is -2.81. The van der Waals surface area contributed by atoms with Crippen LogP contribution in [0.4, 0.5) is 0 Å². The highest BCUT2D eigenvalue weighted by Gasteiger charge is 2.27. The average Bonchev–Trinajstić information content (AvgIpc) is 3.51. The third-order valence-electron chi connectivity index (χ3n) is 15.3. The van der Waals surface area contributed by atoms with E-state index >= 15 is 0 Å². The summed E-state index contributed by atoms with van der Waals surface area (Å²) in [6, 6.07) is -0.895. The van der Waals surface area contributed by atoms with E-state index in [4.69, 9.17) is 13.8 Å². The zero-order valence-electron chi connectivity index (χ0n) is 55.1. The van der Waals surface area contributed by atoms with Crippen molar-refractivity contribution < 1.29 is 37.3 Å². The van der Waals surface area contributed by atoms with Gasteiger partial charge in [-0.05, 0) is 83.1 Å². The molecule has 0 aliphatic carbocycles. The van der Waals surface area contributed by atoms with Crippen molar-refractivity contribution >= 4 is 19.7 Å². The molecule has 9 nitrogen and oxygen atoms in total. The fraction of sp³-hybridized carbons (Fsp3) is 0.781. The zero-order valence-corrected chi connectivity index (χ0v) is 56.0. The van der Waals surface area contributed by atoms with Crippen LogP contribution in [0.25, 0.3) is 0 Å². The van der Waals surface area contributed by atoms with E-state index in [2.05, 4.69) is 99.0 Å². The number of likely N-dealkylation sites (N-methyl/N-ethyl adjacent to an activating group) is 1. The number of hydrogen-bond acceptors (Lipinski definition) is 7. The molecule has 1 amide bonds. The number of nitrogens with one attached hydrogen (secondary N) is 1. The van der Waals surface area contributed by atoms with Crippen LogP contribution in [0.1, 0.15) is 316 Å². The number of phosphoric ester groups is 1. The molecule has 1 N–H and O–H groups in total. The molecule has 0 radical (unpaired) electrons. The topological polar surface area (TPSA) is 114 Å². The summed E-state index contributed by atoms with van der Waals surface area (Å²) >= 11 is 0. The predicted octanol–water partition coefficient (Wildman–Crippen LogP) is 21.5. The summed E-state index contributed by atoms with van der Waals surface area (Å²) in [6.45, 7) is 6.75. The second-order valence-corrected chi connectivity index (χ2v) is 26.1. The van der Waals surface area contributed by atoms with Gasteiger partial charge in [0, 0.05) is 12.8 Å². The van der Waals surface area contributed by atoms with Crippen molar-refractivity contribution in [3.05, 3.63) is 85.1 Å². The molecular formula is C73H133N2O7P. The van der Waals surface area contributed by atoms with Gasteiger partial charge in [0.15, 0.2) is 0 Å². The van der Waals surface area contributed by atoms with Crippen molar-refractivity contribution in [2.45, 2.75) is 328 Å². The Morgan fingerprint density at radius 2 is 0.771 bits per heavy atom. The molecule has 0 aliphatic heterocycles. The Morgan fingerprint density at radius 3 is 1.16 bits per heavy atom. The van der Waals surface area contributed by atoms with E-state index in [1.165, 1.54) is 173 Å². The minimum Gasteiger partial charge on any atom is -0.756 e. The number of phosphoric acid groups is 1. The van der Waals surface area contributed by atoms with E-state index in [-0.39, 0.29) is 24.9 Å². The number of carbonyl (C=O) groups excluding carboxylic acids is 2. The van der Waals surface area contributed by atoms with Crippen LogP contribution in [0.15, 0.2) is 85.1 Å². The molecule has 0 aromatic carbocycles. The molecule has 0 heterocycles. The van der Waals surface area contributed by atoms with E-state index in [1.807, 2.05) is 33.3 Å². The van der Waals surface area contributed by atoms with Gasteiger partial charge in [0.25, 0.3) is 7.82 Å². The molecule has 0 spiro atoms. The normalized spacial score (nSPS) is 14.1. The van der Waals surface area contributed by atoms with E-state index in [0.29, 0.717) is 17.4 Å². The first-order chi connectivity index (χ1) is 40.4. The van der Waals surface area contributed by atoms with Crippen molar-refractivity contribution in [3.8, 4) is 0 Å². The number of hydrogen-bond donors (Lipinski definition) is 1. The molecular weight excluding hydrogens is 1050 g/mol. The summed E-state index contributed by atoms with van der Waals surface area (Å²) < 4.78 is 30.4. The number of nitrogens with zero attached hydrogens (tertiary/aromatic N) is 1. The van der Waals surface area contributed by atoms with Crippen LogP contribution in [-0.4, -0.2) is 69.4 Å². The molecule has 0 saturated heterocycles. The summed E-state index contributed by atoms with van der Waals surface area (Å²) in [5.74, 6) is -0.543. The molecule has 0 aromatic heterocycles. The Kier molecular flexibility index (Phi) is 60.1. The van der Waals surface area contributed by atoms with Crippen molar-refractivity contribution in [1.29, 1.82) is 0 Å². The van der Waals surface area contributed by atoms with Gasteiger partial charge in [-0.25, -0.2) is 0 Å². The monoisotopic (exact) mass is 1180 g/mol. The molecule has 3 unspecified atom stereocenters. The van der Waals surface area contributed by atoms with Gasteiger partial charge in [-0.3, -0.25) is 14.2 Å². The maximum Gasteiger partial charge on any atom is 0.306 e. The molecule has 0 bridgehead atoms. The van der Waals surface area contributed by atoms with Gasteiger partial charge >= 0.3 is 5.97 Å². The summed E-state index contributed by atoms with van der Waals surface area (Å²) in [5, 5.41) is 3.04. The van der Waals surface area contributed by atoms with Crippen molar-refractivity contribution in [2.75, 3.05) is 40.9 Å². The molecule has 83 heavy (non-hydrogen) atoms. The van der Waals surface area contributed by atoms with Gasteiger partial charge in [0.1, 0.15) is 19.3 Å². The first kappa shape index (κ1) is 80.2. The predicted molar refractivity (Wildman–Crippen MR) is 358 cm³/mol. The minimum atomic E-state index is -4.71. The highest BCUT2D eigenvalue weighted by Crippen LogP contribution is 2.38. The summed E-state index contributed by atoms with van der Waals surface area (Å²) in [7, 11) is 1.18. The summed E-state index contributed by atoms with van der Waals surface area (Å²) in [5.41, 5.74) is 0. The maximum atomic E-state index is 13.6. The summed E-state index contributed by atoms with van der Waals surface area (Å²) in [4.78, 5) is 40.1. The van der Waals surface area contributed by atoms with Gasteiger partial charge in [-0.2, -0.15) is 0 Å². The Morgan fingerprint density at radius 1 is 0.434 bits per heavy atom. The van der Waals surface area contributed by atoms with E-state index in [0.717, 1.165) is 109 Å². The molecule has 0 rings (SSSR count).